The Hall–Kier alpha value is -0.120. The number of hydrogen-bond donors (Lipinski definition) is 0. The molecule has 0 unspecified atom stereocenters. The van der Waals surface area contributed by atoms with Crippen LogP contribution in [0.5, 0.6) is 0 Å². The zero-order valence-corrected chi connectivity index (χ0v) is 14.2. The minimum absolute atomic E-state index is 0.453. The van der Waals surface area contributed by atoms with Gasteiger partial charge in [0, 0.05) is 14.1 Å². The molecule has 3 rings (SSSR count). The fourth-order valence-corrected chi connectivity index (χ4v) is 8.03. The number of likely N-dealkylation sites (N-methyl/N-ethyl adjacent to an activating group) is 2. The highest BCUT2D eigenvalue weighted by molar-refractivity contribution is 7.99. The van der Waals surface area contributed by atoms with Gasteiger partial charge in [0.1, 0.15) is 13.1 Å². The standard InChI is InChI=1S/C15H23N2OPS/c1-16-12-8-4-5-9-13(12)17(2)19(16,18)14-10-6-7-11-15(14)20-3/h6-7,10-13H,4-5,8-9H2,1-3H3/t12-,13-/m1/s1. The predicted octanol–water partition coefficient (Wildman–Crippen LogP) is 2.35. The number of nitrogens with zero attached hydrogens (tertiary/aromatic N) is 2. The molecule has 1 aliphatic heterocycles. The number of benzene rings is 1. The Balaban J connectivity index is 2.06. The lowest BCUT2D eigenvalue weighted by atomic mass is 9.91. The van der Waals surface area contributed by atoms with Crippen molar-refractivity contribution in [3.05, 3.63) is 24.3 Å². The Morgan fingerprint density at radius 2 is 1.65 bits per heavy atom. The second kappa shape index (κ2) is 5.58. The van der Waals surface area contributed by atoms with Crippen molar-refractivity contribution in [3.8, 4) is 0 Å². The van der Waals surface area contributed by atoms with Gasteiger partial charge in [0.15, 0.2) is 0 Å². The first kappa shape index (κ1) is 14.8. The van der Waals surface area contributed by atoms with Crippen LogP contribution in [0.15, 0.2) is 29.2 Å². The summed E-state index contributed by atoms with van der Waals surface area (Å²) in [7, 11) is 1.50. The SMILES string of the molecule is CSc1ccccc1[P+]1([O-])N(C)[C@@H]2CCCC[C@H]2N1C. The molecular formula is C15H23N2OPS. The van der Waals surface area contributed by atoms with E-state index >= 15 is 0 Å². The zero-order valence-electron chi connectivity index (χ0n) is 12.5. The van der Waals surface area contributed by atoms with E-state index < -0.39 is 7.79 Å². The van der Waals surface area contributed by atoms with Gasteiger partial charge in [0.05, 0.1) is 17.0 Å². The Kier molecular flexibility index (Phi) is 4.13. The first-order valence-corrected chi connectivity index (χ1v) is 10.1. The van der Waals surface area contributed by atoms with Crippen LogP contribution in [0.3, 0.4) is 0 Å². The Bertz CT molecular complexity index is 481. The summed E-state index contributed by atoms with van der Waals surface area (Å²) in [5, 5.41) is 1.02. The Morgan fingerprint density at radius 1 is 1.10 bits per heavy atom. The van der Waals surface area contributed by atoms with Crippen molar-refractivity contribution >= 4 is 24.9 Å². The third-order valence-corrected chi connectivity index (χ3v) is 9.18. The largest absolute Gasteiger partial charge is 0.646 e. The van der Waals surface area contributed by atoms with Crippen molar-refractivity contribution < 1.29 is 4.89 Å². The third kappa shape index (κ3) is 2.05. The van der Waals surface area contributed by atoms with Gasteiger partial charge < -0.3 is 4.89 Å². The van der Waals surface area contributed by atoms with E-state index in [1.807, 2.05) is 12.1 Å². The molecule has 0 N–H and O–H groups in total. The first-order chi connectivity index (χ1) is 9.60. The van der Waals surface area contributed by atoms with Crippen molar-refractivity contribution in [1.82, 2.24) is 9.34 Å². The highest BCUT2D eigenvalue weighted by Crippen LogP contribution is 2.64. The predicted molar refractivity (Wildman–Crippen MR) is 86.3 cm³/mol. The maximum Gasteiger partial charge on any atom is 0.142 e. The van der Waals surface area contributed by atoms with E-state index in [4.69, 9.17) is 0 Å². The topological polar surface area (TPSA) is 29.5 Å². The monoisotopic (exact) mass is 310 g/mol. The average Bonchev–Trinajstić information content (AvgIpc) is 2.70. The molecule has 0 spiro atoms. The second-order valence-electron chi connectivity index (χ2n) is 5.78. The van der Waals surface area contributed by atoms with Gasteiger partial charge in [-0.15, -0.1) is 11.8 Å². The van der Waals surface area contributed by atoms with Crippen molar-refractivity contribution in [3.63, 3.8) is 0 Å². The first-order valence-electron chi connectivity index (χ1n) is 7.31. The van der Waals surface area contributed by atoms with E-state index in [1.54, 1.807) is 11.8 Å². The summed E-state index contributed by atoms with van der Waals surface area (Å²) in [6.07, 6.45) is 6.95. The summed E-state index contributed by atoms with van der Waals surface area (Å²) in [5.74, 6) is 0. The van der Waals surface area contributed by atoms with E-state index in [0.717, 1.165) is 10.2 Å². The lowest BCUT2D eigenvalue weighted by Crippen LogP contribution is -2.39. The van der Waals surface area contributed by atoms with E-state index in [2.05, 4.69) is 41.8 Å². The summed E-state index contributed by atoms with van der Waals surface area (Å²) < 4.78 is 4.37. The summed E-state index contributed by atoms with van der Waals surface area (Å²) in [5.41, 5.74) is 0. The van der Waals surface area contributed by atoms with Crippen LogP contribution >= 0.6 is 19.6 Å². The summed E-state index contributed by atoms with van der Waals surface area (Å²) in [6, 6.07) is 9.09. The van der Waals surface area contributed by atoms with Crippen LogP contribution in [0, 0.1) is 0 Å². The molecule has 3 nitrogen and oxygen atoms in total. The molecule has 0 amide bonds. The zero-order chi connectivity index (χ0) is 14.3. The molecule has 0 aromatic heterocycles. The molecule has 5 heteroatoms. The lowest BCUT2D eigenvalue weighted by molar-refractivity contribution is -0.185. The van der Waals surface area contributed by atoms with E-state index in [9.17, 15) is 4.89 Å². The quantitative estimate of drug-likeness (QED) is 0.619. The smallest absolute Gasteiger partial charge is 0.142 e. The molecular weight excluding hydrogens is 287 g/mol. The Labute approximate surface area is 126 Å². The molecule has 0 bridgehead atoms. The minimum Gasteiger partial charge on any atom is -0.646 e. The molecule has 2 aliphatic rings. The van der Waals surface area contributed by atoms with Gasteiger partial charge in [0.2, 0.25) is 0 Å². The van der Waals surface area contributed by atoms with Gasteiger partial charge >= 0.3 is 0 Å². The van der Waals surface area contributed by atoms with Gasteiger partial charge in [-0.2, -0.15) is 9.34 Å². The molecule has 20 heavy (non-hydrogen) atoms. The summed E-state index contributed by atoms with van der Waals surface area (Å²) in [6.45, 7) is 0. The van der Waals surface area contributed by atoms with Crippen LogP contribution in [0.25, 0.3) is 0 Å². The second-order valence-corrected chi connectivity index (χ2v) is 9.46. The molecule has 0 radical (unpaired) electrons. The highest BCUT2D eigenvalue weighted by atomic mass is 32.2. The van der Waals surface area contributed by atoms with E-state index in [-0.39, 0.29) is 0 Å². The van der Waals surface area contributed by atoms with Crippen molar-refractivity contribution in [2.45, 2.75) is 42.7 Å². The molecule has 1 saturated heterocycles. The Morgan fingerprint density at radius 3 is 2.20 bits per heavy atom. The number of rotatable bonds is 2. The normalized spacial score (nSPS) is 30.4. The minimum atomic E-state index is -2.62. The average molecular weight is 310 g/mol. The van der Waals surface area contributed by atoms with Gasteiger partial charge in [-0.25, -0.2) is 0 Å². The van der Waals surface area contributed by atoms with Gasteiger partial charge in [-0.1, -0.05) is 25.0 Å². The van der Waals surface area contributed by atoms with Crippen LogP contribution in [0.2, 0.25) is 0 Å². The van der Waals surface area contributed by atoms with Crippen molar-refractivity contribution in [2.75, 3.05) is 20.4 Å². The molecule has 1 aromatic rings. The molecule has 1 aliphatic carbocycles. The van der Waals surface area contributed by atoms with Crippen molar-refractivity contribution in [1.29, 1.82) is 0 Å². The van der Waals surface area contributed by atoms with Crippen LogP contribution in [0.4, 0.5) is 0 Å². The van der Waals surface area contributed by atoms with Gasteiger partial charge in [-0.3, -0.25) is 0 Å². The summed E-state index contributed by atoms with van der Waals surface area (Å²) in [4.78, 5) is 15.0. The molecule has 2 fully saturated rings. The molecule has 110 valence electrons. The number of thioether (sulfide) groups is 1. The molecule has 1 heterocycles. The van der Waals surface area contributed by atoms with E-state index in [1.165, 1.54) is 25.7 Å². The van der Waals surface area contributed by atoms with Crippen LogP contribution in [-0.4, -0.2) is 41.8 Å². The lowest BCUT2D eigenvalue weighted by Gasteiger charge is -2.38. The fourth-order valence-electron chi connectivity index (χ4n) is 3.80. The fraction of sp³-hybridized carbons (Fsp3) is 0.600. The molecule has 1 aromatic carbocycles. The molecule has 1 saturated carbocycles. The van der Waals surface area contributed by atoms with Crippen LogP contribution in [-0.2, 0) is 0 Å². The van der Waals surface area contributed by atoms with E-state index in [0.29, 0.717) is 12.1 Å². The highest BCUT2D eigenvalue weighted by Gasteiger charge is 2.57. The van der Waals surface area contributed by atoms with Gasteiger partial charge in [0.25, 0.3) is 0 Å². The number of fused-ring (bicyclic) bond motifs is 1. The number of hydrogen-bond acceptors (Lipinski definition) is 4. The van der Waals surface area contributed by atoms with Crippen LogP contribution < -0.4 is 10.2 Å². The summed E-state index contributed by atoms with van der Waals surface area (Å²) >= 11 is 1.69. The van der Waals surface area contributed by atoms with Gasteiger partial charge in [-0.05, 0) is 31.2 Å². The molecule has 2 atom stereocenters. The maximum atomic E-state index is 13.9. The van der Waals surface area contributed by atoms with Crippen LogP contribution in [0.1, 0.15) is 25.7 Å². The maximum absolute atomic E-state index is 13.9. The van der Waals surface area contributed by atoms with Crippen molar-refractivity contribution in [2.24, 2.45) is 0 Å². The third-order valence-electron chi connectivity index (χ3n) is 4.91.